The van der Waals surface area contributed by atoms with Gasteiger partial charge in [0.2, 0.25) is 0 Å². The van der Waals surface area contributed by atoms with Crippen LogP contribution in [0.5, 0.6) is 0 Å². The summed E-state index contributed by atoms with van der Waals surface area (Å²) < 4.78 is 0. The lowest BCUT2D eigenvalue weighted by molar-refractivity contribution is 1.22. The standard InChI is InChI=1S/C12H15N/c1-5-7-11-9(3)13-10(4)12(11)8-6-2/h5-8,13H,1,3H2,2,4H3/b8-6-,11-7+. The van der Waals surface area contributed by atoms with Crippen LogP contribution in [0, 0.1) is 6.92 Å². The van der Waals surface area contributed by atoms with Crippen LogP contribution in [0.3, 0.4) is 0 Å². The van der Waals surface area contributed by atoms with Crippen LogP contribution in [0.2, 0.25) is 0 Å². The van der Waals surface area contributed by atoms with E-state index in [1.807, 2.05) is 26.0 Å². The fourth-order valence-electron chi connectivity index (χ4n) is 1.42. The van der Waals surface area contributed by atoms with E-state index in [-0.39, 0.29) is 0 Å². The Morgan fingerprint density at radius 2 is 2.08 bits per heavy atom. The predicted molar refractivity (Wildman–Crippen MR) is 59.7 cm³/mol. The Bertz CT molecular complexity index is 432. The van der Waals surface area contributed by atoms with Crippen LogP contribution in [-0.4, -0.2) is 4.98 Å². The van der Waals surface area contributed by atoms with Crippen molar-refractivity contribution in [2.75, 3.05) is 0 Å². The third kappa shape index (κ3) is 1.81. The smallest absolute Gasteiger partial charge is 0.0389 e. The first kappa shape index (κ1) is 9.59. The Balaban J connectivity index is 3.56. The zero-order valence-electron chi connectivity index (χ0n) is 8.22. The first-order valence-corrected chi connectivity index (χ1v) is 4.33. The highest BCUT2D eigenvalue weighted by Crippen LogP contribution is 1.98. The van der Waals surface area contributed by atoms with Crippen molar-refractivity contribution >= 4 is 18.7 Å². The molecule has 0 aliphatic rings. The summed E-state index contributed by atoms with van der Waals surface area (Å²) >= 11 is 0. The molecular weight excluding hydrogens is 158 g/mol. The van der Waals surface area contributed by atoms with Gasteiger partial charge in [-0.2, -0.15) is 0 Å². The molecule has 1 rings (SSSR count). The van der Waals surface area contributed by atoms with Crippen molar-refractivity contribution in [1.82, 2.24) is 4.98 Å². The number of aryl methyl sites for hydroxylation is 1. The molecule has 0 aromatic carbocycles. The summed E-state index contributed by atoms with van der Waals surface area (Å²) in [6, 6.07) is 0. The van der Waals surface area contributed by atoms with E-state index in [4.69, 9.17) is 0 Å². The molecule has 0 unspecified atom stereocenters. The van der Waals surface area contributed by atoms with Crippen LogP contribution in [0.4, 0.5) is 0 Å². The highest BCUT2D eigenvalue weighted by atomic mass is 14.7. The minimum absolute atomic E-state index is 0.950. The maximum Gasteiger partial charge on any atom is 0.0389 e. The lowest BCUT2D eigenvalue weighted by atomic mass is 10.2. The first-order valence-electron chi connectivity index (χ1n) is 4.33. The summed E-state index contributed by atoms with van der Waals surface area (Å²) in [6.45, 7) is 11.7. The van der Waals surface area contributed by atoms with Gasteiger partial charge >= 0.3 is 0 Å². The van der Waals surface area contributed by atoms with Crippen molar-refractivity contribution in [3.63, 3.8) is 0 Å². The molecule has 0 spiro atoms. The summed E-state index contributed by atoms with van der Waals surface area (Å²) in [6.07, 6.45) is 7.86. The maximum atomic E-state index is 3.93. The topological polar surface area (TPSA) is 15.8 Å². The van der Waals surface area contributed by atoms with Gasteiger partial charge in [-0.15, -0.1) is 0 Å². The SMILES string of the molecule is C=C/C=c1/c(/C=C\C)c(C)[nH]c1=C. The molecule has 68 valence electrons. The third-order valence-electron chi connectivity index (χ3n) is 1.98. The Morgan fingerprint density at radius 3 is 2.62 bits per heavy atom. The van der Waals surface area contributed by atoms with Gasteiger partial charge < -0.3 is 4.98 Å². The Hall–Kier alpha value is -1.50. The van der Waals surface area contributed by atoms with Crippen LogP contribution in [0.25, 0.3) is 18.7 Å². The van der Waals surface area contributed by atoms with E-state index in [9.17, 15) is 0 Å². The van der Waals surface area contributed by atoms with Crippen molar-refractivity contribution in [3.05, 3.63) is 40.6 Å². The molecule has 0 bridgehead atoms. The van der Waals surface area contributed by atoms with Crippen LogP contribution < -0.4 is 10.6 Å². The molecule has 1 nitrogen and oxygen atoms in total. The highest BCUT2D eigenvalue weighted by Gasteiger charge is 1.98. The zero-order valence-corrected chi connectivity index (χ0v) is 8.22. The molecule has 0 saturated heterocycles. The summed E-state index contributed by atoms with van der Waals surface area (Å²) in [5.74, 6) is 0. The molecule has 0 amide bonds. The monoisotopic (exact) mass is 173 g/mol. The quantitative estimate of drug-likeness (QED) is 0.701. The molecule has 1 N–H and O–H groups in total. The second-order valence-electron chi connectivity index (χ2n) is 2.96. The molecule has 1 aromatic heterocycles. The van der Waals surface area contributed by atoms with Crippen molar-refractivity contribution in [2.45, 2.75) is 13.8 Å². The minimum Gasteiger partial charge on any atom is -0.359 e. The van der Waals surface area contributed by atoms with Gasteiger partial charge in [-0.05, 0) is 13.8 Å². The highest BCUT2D eigenvalue weighted by molar-refractivity contribution is 5.56. The van der Waals surface area contributed by atoms with Crippen LogP contribution in [-0.2, 0) is 0 Å². The predicted octanol–water partition coefficient (Wildman–Crippen LogP) is 1.73. The molecule has 13 heavy (non-hydrogen) atoms. The number of aromatic nitrogens is 1. The maximum absolute atomic E-state index is 3.93. The molecule has 1 heterocycles. The number of rotatable bonds is 2. The second-order valence-corrected chi connectivity index (χ2v) is 2.96. The Kier molecular flexibility index (Phi) is 2.91. The first-order chi connectivity index (χ1) is 6.20. The molecule has 0 aliphatic carbocycles. The van der Waals surface area contributed by atoms with Gasteiger partial charge in [-0.1, -0.05) is 37.5 Å². The molecule has 0 saturated carbocycles. The number of nitrogens with one attached hydrogen (secondary N) is 1. The number of hydrogen-bond acceptors (Lipinski definition) is 0. The van der Waals surface area contributed by atoms with Gasteiger partial charge in [-0.25, -0.2) is 0 Å². The van der Waals surface area contributed by atoms with Crippen molar-refractivity contribution in [3.8, 4) is 0 Å². The van der Waals surface area contributed by atoms with Gasteiger partial charge in [0.05, 0.1) is 0 Å². The van der Waals surface area contributed by atoms with Crippen LogP contribution >= 0.6 is 0 Å². The fraction of sp³-hybridized carbons (Fsp3) is 0.167. The second kappa shape index (κ2) is 3.94. The van der Waals surface area contributed by atoms with E-state index in [1.54, 1.807) is 6.08 Å². The van der Waals surface area contributed by atoms with Gasteiger partial charge in [0.25, 0.3) is 0 Å². The van der Waals surface area contributed by atoms with Crippen LogP contribution in [0.1, 0.15) is 18.2 Å². The van der Waals surface area contributed by atoms with Crippen molar-refractivity contribution in [2.24, 2.45) is 0 Å². The largest absolute Gasteiger partial charge is 0.359 e. The van der Waals surface area contributed by atoms with Gasteiger partial charge in [0.15, 0.2) is 0 Å². The summed E-state index contributed by atoms with van der Waals surface area (Å²) in [5.41, 5.74) is 2.35. The van der Waals surface area contributed by atoms with Crippen LogP contribution in [0.15, 0.2) is 18.7 Å². The van der Waals surface area contributed by atoms with E-state index in [1.165, 1.54) is 5.56 Å². The normalized spacial score (nSPS) is 12.6. The molecule has 1 heteroatoms. The van der Waals surface area contributed by atoms with Gasteiger partial charge in [0.1, 0.15) is 0 Å². The fourth-order valence-corrected chi connectivity index (χ4v) is 1.42. The molecule has 0 radical (unpaired) electrons. The van der Waals surface area contributed by atoms with Gasteiger partial charge in [-0.3, -0.25) is 0 Å². The lowest BCUT2D eigenvalue weighted by Gasteiger charge is -1.88. The number of H-pyrrole nitrogens is 1. The number of hydrogen-bond donors (Lipinski definition) is 1. The van der Waals surface area contributed by atoms with E-state index in [0.717, 1.165) is 16.3 Å². The van der Waals surface area contributed by atoms with E-state index >= 15 is 0 Å². The number of allylic oxidation sites excluding steroid dienone is 2. The Morgan fingerprint density at radius 1 is 1.38 bits per heavy atom. The summed E-state index contributed by atoms with van der Waals surface area (Å²) in [7, 11) is 0. The minimum atomic E-state index is 0.950. The molecule has 0 atom stereocenters. The third-order valence-corrected chi connectivity index (χ3v) is 1.98. The average Bonchev–Trinajstić information content (AvgIpc) is 2.33. The van der Waals surface area contributed by atoms with E-state index in [2.05, 4.69) is 24.2 Å². The molecule has 1 aromatic rings. The average molecular weight is 173 g/mol. The van der Waals surface area contributed by atoms with Crippen molar-refractivity contribution < 1.29 is 0 Å². The van der Waals surface area contributed by atoms with Crippen molar-refractivity contribution in [1.29, 1.82) is 0 Å². The van der Waals surface area contributed by atoms with E-state index in [0.29, 0.717) is 0 Å². The zero-order chi connectivity index (χ0) is 9.84. The summed E-state index contributed by atoms with van der Waals surface area (Å²) in [5, 5.41) is 2.08. The Labute approximate surface area is 78.8 Å². The van der Waals surface area contributed by atoms with E-state index < -0.39 is 0 Å². The lowest BCUT2D eigenvalue weighted by Crippen LogP contribution is -2.21. The molecular formula is C12H15N. The van der Waals surface area contributed by atoms with Gasteiger partial charge in [0, 0.05) is 21.8 Å². The molecule has 0 aliphatic heterocycles. The number of aromatic amines is 1. The molecule has 0 fully saturated rings. The summed E-state index contributed by atoms with van der Waals surface area (Å²) in [4.78, 5) is 3.20.